The van der Waals surface area contributed by atoms with E-state index >= 15 is 0 Å². The van der Waals surface area contributed by atoms with Gasteiger partial charge in [-0.2, -0.15) is 0 Å². The van der Waals surface area contributed by atoms with Gasteiger partial charge in [-0.05, 0) is 18.6 Å². The number of halogens is 1. The van der Waals surface area contributed by atoms with Crippen LogP contribution in [0.15, 0.2) is 18.3 Å². The molecule has 1 unspecified atom stereocenters. The van der Waals surface area contributed by atoms with Crippen LogP contribution >= 0.6 is 11.6 Å². The molecule has 0 aromatic carbocycles. The summed E-state index contributed by atoms with van der Waals surface area (Å²) in [6, 6.07) is 3.26. The number of hydrogen-bond acceptors (Lipinski definition) is 4. The summed E-state index contributed by atoms with van der Waals surface area (Å²) in [5.41, 5.74) is 0. The van der Waals surface area contributed by atoms with Gasteiger partial charge >= 0.3 is 0 Å². The number of amides is 1. The predicted molar refractivity (Wildman–Crippen MR) is 64.6 cm³/mol. The number of aromatic nitrogens is 1. The molecule has 2 heterocycles. The van der Waals surface area contributed by atoms with Crippen LogP contribution in [0.2, 0.25) is 5.02 Å². The molecule has 0 radical (unpaired) electrons. The van der Waals surface area contributed by atoms with Crippen LogP contribution in [0.1, 0.15) is 6.42 Å². The van der Waals surface area contributed by atoms with Gasteiger partial charge in [0.1, 0.15) is 0 Å². The van der Waals surface area contributed by atoms with Crippen LogP contribution in [0.5, 0.6) is 0 Å². The highest BCUT2D eigenvalue weighted by molar-refractivity contribution is 7.91. The molecule has 1 fully saturated rings. The maximum Gasteiger partial charge on any atom is 0.229 e. The van der Waals surface area contributed by atoms with Crippen LogP contribution < -0.4 is 5.32 Å². The van der Waals surface area contributed by atoms with Crippen molar-refractivity contribution in [3.8, 4) is 0 Å². The normalized spacial score (nSPS) is 22.3. The SMILES string of the molecule is O=C(Nc1ncccc1Cl)C1CCS(=O)(=O)C1. The lowest BCUT2D eigenvalue weighted by Gasteiger charge is -2.09. The van der Waals surface area contributed by atoms with Crippen LogP contribution in [-0.2, 0) is 14.6 Å². The number of pyridine rings is 1. The van der Waals surface area contributed by atoms with Crippen molar-refractivity contribution in [1.29, 1.82) is 0 Å². The van der Waals surface area contributed by atoms with Gasteiger partial charge in [-0.1, -0.05) is 11.6 Å². The molecule has 1 aliphatic rings. The predicted octanol–water partition coefficient (Wildman–Crippen LogP) is 1.11. The number of hydrogen-bond donors (Lipinski definition) is 1. The molecule has 1 aromatic rings. The Bertz CT molecular complexity index is 544. The van der Waals surface area contributed by atoms with Crippen molar-refractivity contribution in [2.24, 2.45) is 5.92 Å². The third-order valence-corrected chi connectivity index (χ3v) is 4.68. The van der Waals surface area contributed by atoms with Gasteiger partial charge in [0.05, 0.1) is 22.4 Å². The molecule has 0 aliphatic carbocycles. The fourth-order valence-electron chi connectivity index (χ4n) is 1.70. The second-order valence-electron chi connectivity index (χ2n) is 3.92. The highest BCUT2D eigenvalue weighted by Crippen LogP contribution is 2.22. The van der Waals surface area contributed by atoms with E-state index in [-0.39, 0.29) is 23.2 Å². The van der Waals surface area contributed by atoms with E-state index in [1.54, 1.807) is 12.1 Å². The molecule has 1 aliphatic heterocycles. The number of carbonyl (C=O) groups is 1. The minimum atomic E-state index is -3.06. The van der Waals surface area contributed by atoms with Crippen LogP contribution in [0.25, 0.3) is 0 Å². The summed E-state index contributed by atoms with van der Waals surface area (Å²) in [6.45, 7) is 0. The fraction of sp³-hybridized carbons (Fsp3) is 0.400. The summed E-state index contributed by atoms with van der Waals surface area (Å²) in [5.74, 6) is -0.599. The summed E-state index contributed by atoms with van der Waals surface area (Å²) in [7, 11) is -3.06. The minimum absolute atomic E-state index is 0.0705. The Balaban J connectivity index is 2.06. The lowest BCUT2D eigenvalue weighted by atomic mass is 10.1. The number of anilines is 1. The first-order valence-corrected chi connectivity index (χ1v) is 7.30. The zero-order valence-corrected chi connectivity index (χ0v) is 10.5. The first-order chi connectivity index (χ1) is 7.98. The van der Waals surface area contributed by atoms with Crippen molar-refractivity contribution < 1.29 is 13.2 Å². The van der Waals surface area contributed by atoms with Crippen LogP contribution in [-0.4, -0.2) is 30.8 Å². The number of rotatable bonds is 2. The molecule has 1 amide bonds. The zero-order chi connectivity index (χ0) is 12.5. The summed E-state index contributed by atoms with van der Waals surface area (Å²) < 4.78 is 22.5. The van der Waals surface area contributed by atoms with E-state index in [2.05, 4.69) is 10.3 Å². The van der Waals surface area contributed by atoms with Crippen molar-refractivity contribution >= 4 is 33.2 Å². The molecule has 1 saturated heterocycles. The molecule has 0 bridgehead atoms. The minimum Gasteiger partial charge on any atom is -0.309 e. The van der Waals surface area contributed by atoms with Crippen molar-refractivity contribution in [2.45, 2.75) is 6.42 Å². The van der Waals surface area contributed by atoms with Gasteiger partial charge in [-0.15, -0.1) is 0 Å². The number of sulfone groups is 1. The third kappa shape index (κ3) is 2.95. The largest absolute Gasteiger partial charge is 0.309 e. The van der Waals surface area contributed by atoms with Gasteiger partial charge in [0.2, 0.25) is 5.91 Å². The van der Waals surface area contributed by atoms with E-state index < -0.39 is 15.8 Å². The van der Waals surface area contributed by atoms with E-state index in [9.17, 15) is 13.2 Å². The van der Waals surface area contributed by atoms with E-state index in [0.29, 0.717) is 11.4 Å². The second kappa shape index (κ2) is 4.62. The molecular formula is C10H11ClN2O3S. The number of nitrogens with zero attached hydrogens (tertiary/aromatic N) is 1. The molecule has 1 atom stereocenters. The molecular weight excluding hydrogens is 264 g/mol. The smallest absolute Gasteiger partial charge is 0.229 e. The summed E-state index contributed by atoms with van der Waals surface area (Å²) in [5, 5.41) is 2.88. The Hall–Kier alpha value is -1.14. The second-order valence-corrected chi connectivity index (χ2v) is 6.56. The van der Waals surface area contributed by atoms with Crippen molar-refractivity contribution in [1.82, 2.24) is 4.98 Å². The van der Waals surface area contributed by atoms with Crippen LogP contribution in [0.3, 0.4) is 0 Å². The molecule has 0 saturated carbocycles. The van der Waals surface area contributed by atoms with Gasteiger partial charge in [0.25, 0.3) is 0 Å². The van der Waals surface area contributed by atoms with Gasteiger partial charge < -0.3 is 5.32 Å². The monoisotopic (exact) mass is 274 g/mol. The highest BCUT2D eigenvalue weighted by Gasteiger charge is 2.33. The first kappa shape index (κ1) is 12.3. The summed E-state index contributed by atoms with van der Waals surface area (Å²) >= 11 is 5.84. The van der Waals surface area contributed by atoms with E-state index in [4.69, 9.17) is 11.6 Å². The van der Waals surface area contributed by atoms with E-state index in [1.807, 2.05) is 0 Å². The molecule has 7 heteroatoms. The van der Waals surface area contributed by atoms with Crippen LogP contribution in [0.4, 0.5) is 5.82 Å². The molecule has 17 heavy (non-hydrogen) atoms. The number of carbonyl (C=O) groups excluding carboxylic acids is 1. The molecule has 92 valence electrons. The topological polar surface area (TPSA) is 76.1 Å². The Kier molecular flexibility index (Phi) is 3.35. The zero-order valence-electron chi connectivity index (χ0n) is 8.89. The van der Waals surface area contributed by atoms with E-state index in [1.165, 1.54) is 6.20 Å². The molecule has 5 nitrogen and oxygen atoms in total. The molecule has 1 aromatic heterocycles. The van der Waals surface area contributed by atoms with Gasteiger partial charge in [0, 0.05) is 6.20 Å². The average molecular weight is 275 g/mol. The lowest BCUT2D eigenvalue weighted by Crippen LogP contribution is -2.24. The Morgan fingerprint density at radius 1 is 1.53 bits per heavy atom. The van der Waals surface area contributed by atoms with Crippen molar-refractivity contribution in [3.05, 3.63) is 23.4 Å². The standard InChI is InChI=1S/C10H11ClN2O3S/c11-8-2-1-4-12-9(8)13-10(14)7-3-5-17(15,16)6-7/h1-2,4,7H,3,5-6H2,(H,12,13,14). The first-order valence-electron chi connectivity index (χ1n) is 5.10. The molecule has 1 N–H and O–H groups in total. The van der Waals surface area contributed by atoms with Gasteiger partial charge in [-0.3, -0.25) is 4.79 Å². The Morgan fingerprint density at radius 3 is 2.88 bits per heavy atom. The Morgan fingerprint density at radius 2 is 2.29 bits per heavy atom. The average Bonchev–Trinajstić information content (AvgIpc) is 2.62. The summed E-state index contributed by atoms with van der Waals surface area (Å²) in [4.78, 5) is 15.7. The maximum absolute atomic E-state index is 11.8. The van der Waals surface area contributed by atoms with Crippen molar-refractivity contribution in [3.63, 3.8) is 0 Å². The third-order valence-electron chi connectivity index (χ3n) is 2.60. The van der Waals surface area contributed by atoms with E-state index in [0.717, 1.165) is 0 Å². The van der Waals surface area contributed by atoms with Crippen molar-refractivity contribution in [2.75, 3.05) is 16.8 Å². The van der Waals surface area contributed by atoms with Gasteiger partial charge in [-0.25, -0.2) is 13.4 Å². The maximum atomic E-state index is 11.8. The highest BCUT2D eigenvalue weighted by atomic mass is 35.5. The summed E-state index contributed by atoms with van der Waals surface area (Å²) in [6.07, 6.45) is 1.87. The fourth-order valence-corrected chi connectivity index (χ4v) is 3.61. The Labute approximate surface area is 104 Å². The molecule has 2 rings (SSSR count). The number of nitrogens with one attached hydrogen (secondary N) is 1. The lowest BCUT2D eigenvalue weighted by molar-refractivity contribution is -0.119. The molecule has 0 spiro atoms. The van der Waals surface area contributed by atoms with Crippen LogP contribution in [0, 0.1) is 5.92 Å². The quantitative estimate of drug-likeness (QED) is 0.876. The van der Waals surface area contributed by atoms with Gasteiger partial charge in [0.15, 0.2) is 15.7 Å².